The van der Waals surface area contributed by atoms with Crippen molar-refractivity contribution >= 4 is 17.2 Å². The highest BCUT2D eigenvalue weighted by Gasteiger charge is 2.34. The van der Waals surface area contributed by atoms with Gasteiger partial charge in [0.25, 0.3) is 5.56 Å². The zero-order valence-corrected chi connectivity index (χ0v) is 11.6. The molecule has 3 rings (SSSR count). The molecule has 0 N–H and O–H groups in total. The molecule has 3 aromatic rings. The van der Waals surface area contributed by atoms with Crippen molar-refractivity contribution in [2.45, 2.75) is 6.18 Å². The van der Waals surface area contributed by atoms with E-state index in [9.17, 15) is 18.0 Å². The lowest BCUT2D eigenvalue weighted by atomic mass is 10.1. The largest absolute Gasteiger partial charge is 0.433 e. The number of alkyl halides is 3. The van der Waals surface area contributed by atoms with Gasteiger partial charge in [-0.25, -0.2) is 4.52 Å². The molecule has 22 heavy (non-hydrogen) atoms. The van der Waals surface area contributed by atoms with Gasteiger partial charge in [0.15, 0.2) is 11.3 Å². The molecule has 112 valence electrons. The molecule has 2 aromatic heterocycles. The van der Waals surface area contributed by atoms with E-state index in [1.54, 1.807) is 24.3 Å². The first-order chi connectivity index (χ1) is 10.3. The summed E-state index contributed by atoms with van der Waals surface area (Å²) in [5.41, 5.74) is -1.40. The fourth-order valence-corrected chi connectivity index (χ4v) is 2.10. The number of fused-ring (bicyclic) bond motifs is 1. The lowest BCUT2D eigenvalue weighted by Crippen LogP contribution is -2.20. The van der Waals surface area contributed by atoms with Gasteiger partial charge in [-0.1, -0.05) is 23.7 Å². The van der Waals surface area contributed by atoms with E-state index in [0.29, 0.717) is 26.9 Å². The van der Waals surface area contributed by atoms with Crippen LogP contribution in [0.1, 0.15) is 5.69 Å². The number of rotatable bonds is 1. The van der Waals surface area contributed by atoms with Crippen LogP contribution in [0, 0.1) is 0 Å². The van der Waals surface area contributed by atoms with Crippen LogP contribution in [-0.4, -0.2) is 14.6 Å². The normalized spacial score (nSPS) is 11.8. The molecule has 0 unspecified atom stereocenters. The van der Waals surface area contributed by atoms with Crippen molar-refractivity contribution in [1.82, 2.24) is 14.6 Å². The molecular weight excluding hydrogens is 319 g/mol. The smallest absolute Gasteiger partial charge is 0.267 e. The van der Waals surface area contributed by atoms with Gasteiger partial charge in [0.05, 0.1) is 5.69 Å². The molecule has 0 bridgehead atoms. The third-order valence-corrected chi connectivity index (χ3v) is 3.21. The number of aromatic nitrogens is 3. The van der Waals surface area contributed by atoms with Crippen molar-refractivity contribution in [2.75, 3.05) is 0 Å². The summed E-state index contributed by atoms with van der Waals surface area (Å²) in [5, 5.41) is 4.44. The van der Waals surface area contributed by atoms with Crippen LogP contribution in [0.3, 0.4) is 0 Å². The van der Waals surface area contributed by atoms with E-state index in [2.05, 4.69) is 10.1 Å². The Morgan fingerprint density at radius 3 is 2.36 bits per heavy atom. The highest BCUT2D eigenvalue weighted by Crippen LogP contribution is 2.28. The first-order valence-electron chi connectivity index (χ1n) is 6.09. The van der Waals surface area contributed by atoms with Gasteiger partial charge < -0.3 is 0 Å². The Morgan fingerprint density at radius 1 is 1.05 bits per heavy atom. The van der Waals surface area contributed by atoms with Crippen LogP contribution in [0.15, 0.2) is 47.3 Å². The molecule has 2 heterocycles. The first-order valence-corrected chi connectivity index (χ1v) is 6.47. The maximum absolute atomic E-state index is 13.0. The van der Waals surface area contributed by atoms with Gasteiger partial charge in [-0.3, -0.25) is 4.79 Å². The van der Waals surface area contributed by atoms with Crippen molar-refractivity contribution in [3.05, 3.63) is 63.5 Å². The second-order valence-electron chi connectivity index (χ2n) is 4.47. The molecule has 4 nitrogen and oxygen atoms in total. The molecule has 0 saturated carbocycles. The monoisotopic (exact) mass is 325 g/mol. The fourth-order valence-electron chi connectivity index (χ4n) is 1.98. The van der Waals surface area contributed by atoms with Gasteiger partial charge in [-0.15, -0.1) is 0 Å². The van der Waals surface area contributed by atoms with Gasteiger partial charge in [0.2, 0.25) is 0 Å². The van der Waals surface area contributed by atoms with Crippen LogP contribution < -0.4 is 5.56 Å². The molecule has 1 aromatic carbocycles. The maximum Gasteiger partial charge on any atom is 0.433 e. The second-order valence-corrected chi connectivity index (χ2v) is 4.91. The maximum atomic E-state index is 13.0. The van der Waals surface area contributed by atoms with Gasteiger partial charge >= 0.3 is 6.18 Å². The average molecular weight is 326 g/mol. The van der Waals surface area contributed by atoms with Crippen molar-refractivity contribution in [2.24, 2.45) is 0 Å². The number of halogens is 4. The van der Waals surface area contributed by atoms with Crippen LogP contribution in [0.25, 0.3) is 16.9 Å². The number of hydrogen-bond acceptors (Lipinski definition) is 3. The molecule has 0 aliphatic heterocycles. The highest BCUT2D eigenvalue weighted by atomic mass is 35.5. The van der Waals surface area contributed by atoms with Crippen LogP contribution >= 0.6 is 11.6 Å². The Labute approximate surface area is 126 Å². The predicted molar refractivity (Wildman–Crippen MR) is 74.7 cm³/mol. The molecule has 0 aliphatic rings. The van der Waals surface area contributed by atoms with Crippen LogP contribution in [0.4, 0.5) is 13.2 Å². The van der Waals surface area contributed by atoms with E-state index in [0.717, 1.165) is 0 Å². The molecule has 0 saturated heterocycles. The van der Waals surface area contributed by atoms with Gasteiger partial charge in [-0.05, 0) is 24.3 Å². The predicted octanol–water partition coefficient (Wildman–Crippen LogP) is 3.43. The molecule has 0 atom stereocenters. The lowest BCUT2D eigenvalue weighted by molar-refractivity contribution is -0.142. The van der Waals surface area contributed by atoms with Gasteiger partial charge in [0.1, 0.15) is 0 Å². The third-order valence-electron chi connectivity index (χ3n) is 2.96. The molecule has 8 heteroatoms. The zero-order valence-electron chi connectivity index (χ0n) is 10.8. The summed E-state index contributed by atoms with van der Waals surface area (Å²) in [6.45, 7) is 0. The third kappa shape index (κ3) is 2.67. The van der Waals surface area contributed by atoms with E-state index in [1.807, 2.05) is 0 Å². The summed E-state index contributed by atoms with van der Waals surface area (Å²) in [6, 6.07) is 9.72. The minimum atomic E-state index is -4.71. The summed E-state index contributed by atoms with van der Waals surface area (Å²) < 4.78 is 39.7. The summed E-state index contributed by atoms with van der Waals surface area (Å²) in [7, 11) is 0. The summed E-state index contributed by atoms with van der Waals surface area (Å²) in [4.78, 5) is 14.8. The Bertz CT molecular complexity index is 904. The van der Waals surface area contributed by atoms with Crippen molar-refractivity contribution in [3.63, 3.8) is 0 Å². The minimum Gasteiger partial charge on any atom is -0.267 e. The summed E-state index contributed by atoms with van der Waals surface area (Å²) in [5.74, 6) is 0. The molecule has 0 aliphatic carbocycles. The number of hydrogen-bond donors (Lipinski definition) is 0. The highest BCUT2D eigenvalue weighted by molar-refractivity contribution is 6.30. The van der Waals surface area contributed by atoms with Crippen LogP contribution in [0.5, 0.6) is 0 Å². The van der Waals surface area contributed by atoms with Gasteiger partial charge in [0, 0.05) is 16.7 Å². The first kappa shape index (κ1) is 14.5. The molecule has 0 spiro atoms. The van der Waals surface area contributed by atoms with Crippen LogP contribution in [-0.2, 0) is 6.18 Å². The Balaban J connectivity index is 2.26. The lowest BCUT2D eigenvalue weighted by Gasteiger charge is -2.11. The van der Waals surface area contributed by atoms with E-state index >= 15 is 0 Å². The van der Waals surface area contributed by atoms with Gasteiger partial charge in [-0.2, -0.15) is 23.3 Å². The van der Waals surface area contributed by atoms with E-state index in [4.69, 9.17) is 11.6 Å². The Morgan fingerprint density at radius 2 is 1.73 bits per heavy atom. The summed E-state index contributed by atoms with van der Waals surface area (Å²) >= 11 is 5.78. The molecule has 0 fully saturated rings. The van der Waals surface area contributed by atoms with E-state index in [1.165, 1.54) is 12.1 Å². The fraction of sp³-hybridized carbons (Fsp3) is 0.0714. The molecule has 0 radical (unpaired) electrons. The zero-order chi connectivity index (χ0) is 15.9. The average Bonchev–Trinajstić information content (AvgIpc) is 2.46. The van der Waals surface area contributed by atoms with E-state index < -0.39 is 17.4 Å². The second kappa shape index (κ2) is 5.10. The van der Waals surface area contributed by atoms with Crippen molar-refractivity contribution in [1.29, 1.82) is 0 Å². The van der Waals surface area contributed by atoms with Crippen molar-refractivity contribution < 1.29 is 13.2 Å². The summed E-state index contributed by atoms with van der Waals surface area (Å²) in [6.07, 6.45) is -4.71. The van der Waals surface area contributed by atoms with E-state index in [-0.39, 0.29) is 5.65 Å². The Hall–Kier alpha value is -2.41. The number of nitrogens with zero attached hydrogens (tertiary/aromatic N) is 3. The minimum absolute atomic E-state index is 0.169. The SMILES string of the molecule is O=c1cc(C(F)(F)F)n2nc(-c3ccc(Cl)cc3)ccc2n1. The topological polar surface area (TPSA) is 47.3 Å². The van der Waals surface area contributed by atoms with Crippen LogP contribution in [0.2, 0.25) is 5.02 Å². The molecule has 0 amide bonds. The molecular formula is C14H7ClF3N3O. The number of benzene rings is 1. The standard InChI is InChI=1S/C14H7ClF3N3O/c15-9-3-1-8(2-4-9)10-5-6-12-19-13(22)7-11(14(16,17)18)21(12)20-10/h1-7H. The Kier molecular flexibility index (Phi) is 3.37. The quantitative estimate of drug-likeness (QED) is 0.688. The van der Waals surface area contributed by atoms with Crippen molar-refractivity contribution in [3.8, 4) is 11.3 Å².